The Bertz CT molecular complexity index is 927. The van der Waals surface area contributed by atoms with Crippen LogP contribution in [0, 0.1) is 0 Å². The highest BCUT2D eigenvalue weighted by Gasteiger charge is 2.25. The molecule has 0 bridgehead atoms. The van der Waals surface area contributed by atoms with Crippen molar-refractivity contribution in [1.82, 2.24) is 14.2 Å². The van der Waals surface area contributed by atoms with Crippen LogP contribution in [0.4, 0.5) is 0 Å². The van der Waals surface area contributed by atoms with Gasteiger partial charge in [0, 0.05) is 33.4 Å². The Hall–Kier alpha value is -1.90. The Kier molecular flexibility index (Phi) is 5.88. The lowest BCUT2D eigenvalue weighted by Crippen LogP contribution is -2.40. The summed E-state index contributed by atoms with van der Waals surface area (Å²) in [4.78, 5) is 19.0. The second-order valence-electron chi connectivity index (χ2n) is 6.66. The molecule has 8 heteroatoms. The molecule has 2 aromatic rings. The number of rotatable bonds is 5. The first-order chi connectivity index (χ1) is 12.8. The van der Waals surface area contributed by atoms with Crippen molar-refractivity contribution in [2.75, 3.05) is 20.6 Å². The van der Waals surface area contributed by atoms with Crippen LogP contribution in [0.5, 0.6) is 0 Å². The summed E-state index contributed by atoms with van der Waals surface area (Å²) in [5.41, 5.74) is 2.51. The lowest BCUT2D eigenvalue weighted by Gasteiger charge is -2.30. The maximum absolute atomic E-state index is 12.8. The van der Waals surface area contributed by atoms with Gasteiger partial charge in [0.2, 0.25) is 15.9 Å². The molecule has 0 saturated heterocycles. The standard InChI is InChI=1S/C19H23N3O3S2/c1-14(19(23)22-11-10-15-6-4-5-7-16(15)13-22)26-18-9-8-17(12-20-18)27(24,25)21(2)3/h4-9,12,14H,10-11,13H2,1-3H3/t14-/m0/s1. The highest BCUT2D eigenvalue weighted by molar-refractivity contribution is 8.00. The molecule has 1 amide bonds. The highest BCUT2D eigenvalue weighted by atomic mass is 32.2. The second kappa shape index (κ2) is 8.00. The maximum Gasteiger partial charge on any atom is 0.244 e. The average Bonchev–Trinajstić information content (AvgIpc) is 2.67. The topological polar surface area (TPSA) is 70.6 Å². The molecular formula is C19H23N3O3S2. The Morgan fingerprint density at radius 1 is 1.19 bits per heavy atom. The van der Waals surface area contributed by atoms with Crippen LogP contribution in [0.2, 0.25) is 0 Å². The summed E-state index contributed by atoms with van der Waals surface area (Å²) in [5, 5.41) is 0.338. The molecule has 1 aliphatic heterocycles. The van der Waals surface area contributed by atoms with E-state index in [4.69, 9.17) is 0 Å². The van der Waals surface area contributed by atoms with E-state index in [-0.39, 0.29) is 16.1 Å². The molecule has 2 heterocycles. The van der Waals surface area contributed by atoms with Gasteiger partial charge in [-0.1, -0.05) is 36.0 Å². The van der Waals surface area contributed by atoms with E-state index in [1.807, 2.05) is 24.0 Å². The molecule has 1 atom stereocenters. The SMILES string of the molecule is C[C@H](Sc1ccc(S(=O)(=O)N(C)C)cn1)C(=O)N1CCc2ccccc2C1. The molecule has 0 spiro atoms. The summed E-state index contributed by atoms with van der Waals surface area (Å²) < 4.78 is 25.3. The summed E-state index contributed by atoms with van der Waals surface area (Å²) in [6.07, 6.45) is 2.21. The summed E-state index contributed by atoms with van der Waals surface area (Å²) in [5.74, 6) is 0.0706. The van der Waals surface area contributed by atoms with Gasteiger partial charge in [-0.3, -0.25) is 4.79 Å². The lowest BCUT2D eigenvalue weighted by molar-refractivity contribution is -0.131. The van der Waals surface area contributed by atoms with Crippen LogP contribution in [-0.2, 0) is 27.8 Å². The number of nitrogens with zero attached hydrogens (tertiary/aromatic N) is 3. The Morgan fingerprint density at radius 3 is 2.52 bits per heavy atom. The molecule has 0 saturated carbocycles. The number of aromatic nitrogens is 1. The van der Waals surface area contributed by atoms with Crippen LogP contribution in [0.15, 0.2) is 52.5 Å². The number of carbonyl (C=O) groups excluding carboxylic acids is 1. The third-order valence-corrected chi connectivity index (χ3v) is 7.41. The van der Waals surface area contributed by atoms with E-state index in [9.17, 15) is 13.2 Å². The fourth-order valence-corrected chi connectivity index (χ4v) is 4.69. The fraction of sp³-hybridized carbons (Fsp3) is 0.368. The predicted molar refractivity (Wildman–Crippen MR) is 106 cm³/mol. The largest absolute Gasteiger partial charge is 0.337 e. The zero-order valence-corrected chi connectivity index (χ0v) is 17.3. The first-order valence-corrected chi connectivity index (χ1v) is 11.0. The van der Waals surface area contributed by atoms with E-state index in [1.54, 1.807) is 6.07 Å². The molecule has 0 unspecified atom stereocenters. The van der Waals surface area contributed by atoms with E-state index in [0.717, 1.165) is 10.7 Å². The number of carbonyl (C=O) groups is 1. The van der Waals surface area contributed by atoms with E-state index in [2.05, 4.69) is 17.1 Å². The summed E-state index contributed by atoms with van der Waals surface area (Å²) in [7, 11) is -0.534. The zero-order valence-electron chi connectivity index (χ0n) is 15.6. The van der Waals surface area contributed by atoms with Gasteiger partial charge < -0.3 is 4.90 Å². The van der Waals surface area contributed by atoms with Gasteiger partial charge in [0.1, 0.15) is 4.90 Å². The molecule has 0 radical (unpaired) electrons. The minimum Gasteiger partial charge on any atom is -0.337 e. The summed E-state index contributed by atoms with van der Waals surface area (Å²) in [6, 6.07) is 11.4. The molecule has 1 aliphatic rings. The number of hydrogen-bond donors (Lipinski definition) is 0. The highest BCUT2D eigenvalue weighted by Crippen LogP contribution is 2.26. The van der Waals surface area contributed by atoms with Crippen LogP contribution in [0.3, 0.4) is 0 Å². The van der Waals surface area contributed by atoms with Gasteiger partial charge in [0.25, 0.3) is 0 Å². The van der Waals surface area contributed by atoms with Crippen LogP contribution in [-0.4, -0.2) is 54.4 Å². The van der Waals surface area contributed by atoms with Crippen LogP contribution >= 0.6 is 11.8 Å². The number of fused-ring (bicyclic) bond motifs is 1. The normalized spacial score (nSPS) is 15.5. The second-order valence-corrected chi connectivity index (χ2v) is 10.2. The number of hydrogen-bond acceptors (Lipinski definition) is 5. The van der Waals surface area contributed by atoms with E-state index in [1.165, 1.54) is 49.2 Å². The van der Waals surface area contributed by atoms with E-state index < -0.39 is 10.0 Å². The molecule has 3 rings (SSSR count). The molecule has 1 aromatic heterocycles. The Balaban J connectivity index is 1.65. The minimum absolute atomic E-state index is 0.0706. The van der Waals surface area contributed by atoms with Crippen molar-refractivity contribution < 1.29 is 13.2 Å². The molecule has 6 nitrogen and oxygen atoms in total. The third kappa shape index (κ3) is 4.34. The van der Waals surface area contributed by atoms with Gasteiger partial charge in [0.05, 0.1) is 10.3 Å². The minimum atomic E-state index is -3.50. The van der Waals surface area contributed by atoms with Gasteiger partial charge in [-0.15, -0.1) is 0 Å². The van der Waals surface area contributed by atoms with Crippen molar-refractivity contribution in [3.63, 3.8) is 0 Å². The van der Waals surface area contributed by atoms with Gasteiger partial charge in [-0.05, 0) is 36.6 Å². The molecule has 1 aromatic carbocycles. The number of amides is 1. The third-order valence-electron chi connectivity index (χ3n) is 4.58. The summed E-state index contributed by atoms with van der Waals surface area (Å²) >= 11 is 1.34. The number of thioether (sulfide) groups is 1. The molecule has 0 N–H and O–H groups in total. The number of pyridine rings is 1. The van der Waals surface area contributed by atoms with Crippen LogP contribution in [0.1, 0.15) is 18.1 Å². The number of benzene rings is 1. The van der Waals surface area contributed by atoms with Crippen molar-refractivity contribution in [3.8, 4) is 0 Å². The van der Waals surface area contributed by atoms with Crippen molar-refractivity contribution in [2.24, 2.45) is 0 Å². The van der Waals surface area contributed by atoms with Gasteiger partial charge in [-0.2, -0.15) is 0 Å². The smallest absolute Gasteiger partial charge is 0.244 e. The molecule has 0 aliphatic carbocycles. The first kappa shape index (κ1) is 19.9. The molecular weight excluding hydrogens is 382 g/mol. The molecule has 144 valence electrons. The fourth-order valence-electron chi connectivity index (χ4n) is 2.97. The predicted octanol–water partition coefficient (Wildman–Crippen LogP) is 2.40. The quantitative estimate of drug-likeness (QED) is 0.715. The number of sulfonamides is 1. The molecule has 27 heavy (non-hydrogen) atoms. The monoisotopic (exact) mass is 405 g/mol. The van der Waals surface area contributed by atoms with Gasteiger partial charge >= 0.3 is 0 Å². The van der Waals surface area contributed by atoms with Gasteiger partial charge in [0.15, 0.2) is 0 Å². The van der Waals surface area contributed by atoms with E-state index in [0.29, 0.717) is 18.1 Å². The van der Waals surface area contributed by atoms with E-state index >= 15 is 0 Å². The Labute approximate surface area is 164 Å². The zero-order chi connectivity index (χ0) is 19.6. The van der Waals surface area contributed by atoms with Crippen molar-refractivity contribution in [2.45, 2.75) is 35.1 Å². The maximum atomic E-state index is 12.8. The van der Waals surface area contributed by atoms with Crippen LogP contribution in [0.25, 0.3) is 0 Å². The molecule has 0 fully saturated rings. The van der Waals surface area contributed by atoms with Crippen LogP contribution < -0.4 is 0 Å². The lowest BCUT2D eigenvalue weighted by atomic mass is 10.00. The van der Waals surface area contributed by atoms with Crippen molar-refractivity contribution in [3.05, 3.63) is 53.7 Å². The first-order valence-electron chi connectivity index (χ1n) is 8.70. The summed E-state index contributed by atoms with van der Waals surface area (Å²) in [6.45, 7) is 3.21. The van der Waals surface area contributed by atoms with Crippen molar-refractivity contribution in [1.29, 1.82) is 0 Å². The Morgan fingerprint density at radius 2 is 1.89 bits per heavy atom. The average molecular weight is 406 g/mol. The van der Waals surface area contributed by atoms with Crippen molar-refractivity contribution >= 4 is 27.7 Å². The van der Waals surface area contributed by atoms with Gasteiger partial charge in [-0.25, -0.2) is 17.7 Å².